The van der Waals surface area contributed by atoms with Crippen LogP contribution in [-0.4, -0.2) is 83.2 Å². The Morgan fingerprint density at radius 3 is 2.55 bits per heavy atom. The van der Waals surface area contributed by atoms with E-state index in [9.17, 15) is 23.5 Å². The summed E-state index contributed by atoms with van der Waals surface area (Å²) >= 11 is 1.48. The first-order valence-electron chi connectivity index (χ1n) is 12.6. The molecule has 2 saturated heterocycles. The van der Waals surface area contributed by atoms with Gasteiger partial charge in [-0.15, -0.1) is 0 Å². The van der Waals surface area contributed by atoms with Crippen LogP contribution in [-0.2, 0) is 30.3 Å². The van der Waals surface area contributed by atoms with E-state index in [1.54, 1.807) is 19.9 Å². The molecule has 2 N–H and O–H groups in total. The number of amides is 2. The molecular formula is C27H38F2N2O6S. The van der Waals surface area contributed by atoms with Gasteiger partial charge in [-0.2, -0.15) is 11.8 Å². The molecule has 2 aliphatic rings. The molecule has 0 spiro atoms. The van der Waals surface area contributed by atoms with Crippen LogP contribution in [0.15, 0.2) is 30.4 Å². The van der Waals surface area contributed by atoms with Gasteiger partial charge < -0.3 is 29.5 Å². The van der Waals surface area contributed by atoms with E-state index in [0.717, 1.165) is 6.07 Å². The average molecular weight is 557 g/mol. The minimum Gasteiger partial charge on any atom is -0.387 e. The van der Waals surface area contributed by atoms with E-state index in [-0.39, 0.29) is 17.9 Å². The molecule has 0 saturated carbocycles. The predicted octanol–water partition coefficient (Wildman–Crippen LogP) is 3.02. The highest BCUT2D eigenvalue weighted by molar-refractivity contribution is 7.99. The standard InChI is InChI=1S/C27H38F2N2O6S/c1-26(2,3)8-7-20-21(32)22(37-27(4,5)36-20)23(35-6)24(33)30-19-15-38-10-9-31(25(19)34)14-16-11-17(28)13-18(29)12-16/h7-8,11-13,19-23,32H,9-10,14-15H2,1-6H3,(H,30,33)/t19?,20-,21+,22-,23-/m1/s1. The fourth-order valence-electron chi connectivity index (χ4n) is 4.39. The summed E-state index contributed by atoms with van der Waals surface area (Å²) in [4.78, 5) is 28.1. The number of thioether (sulfide) groups is 1. The zero-order chi connectivity index (χ0) is 28.3. The molecule has 2 aliphatic heterocycles. The van der Waals surface area contributed by atoms with Crippen molar-refractivity contribution in [1.29, 1.82) is 0 Å². The molecule has 212 valence electrons. The second-order valence-electron chi connectivity index (χ2n) is 11.1. The molecule has 8 nitrogen and oxygen atoms in total. The predicted molar refractivity (Wildman–Crippen MR) is 140 cm³/mol. The van der Waals surface area contributed by atoms with E-state index >= 15 is 0 Å². The van der Waals surface area contributed by atoms with Crippen molar-refractivity contribution in [3.05, 3.63) is 47.5 Å². The third-order valence-corrected chi connectivity index (χ3v) is 7.16. The van der Waals surface area contributed by atoms with Crippen LogP contribution < -0.4 is 5.32 Å². The number of ether oxygens (including phenoxy) is 3. The van der Waals surface area contributed by atoms with Crippen LogP contribution in [0.5, 0.6) is 0 Å². The van der Waals surface area contributed by atoms with Crippen molar-refractivity contribution < 1.29 is 37.7 Å². The fraction of sp³-hybridized carbons (Fsp3) is 0.630. The minimum absolute atomic E-state index is 0.00587. The van der Waals surface area contributed by atoms with Gasteiger partial charge in [-0.3, -0.25) is 9.59 Å². The molecule has 0 aliphatic carbocycles. The molecule has 1 aromatic rings. The lowest BCUT2D eigenvalue weighted by molar-refractivity contribution is -0.334. The summed E-state index contributed by atoms with van der Waals surface area (Å²) in [5.74, 6) is -2.64. The first-order chi connectivity index (χ1) is 17.7. The third-order valence-electron chi connectivity index (χ3n) is 6.12. The van der Waals surface area contributed by atoms with Crippen LogP contribution in [0.1, 0.15) is 40.2 Å². The topological polar surface area (TPSA) is 97.3 Å². The first-order valence-corrected chi connectivity index (χ1v) is 13.7. The molecule has 5 atom stereocenters. The summed E-state index contributed by atoms with van der Waals surface area (Å²) in [6.45, 7) is 9.78. The van der Waals surface area contributed by atoms with Crippen LogP contribution in [0.25, 0.3) is 0 Å². The lowest BCUT2D eigenvalue weighted by Crippen LogP contribution is -2.62. The highest BCUT2D eigenvalue weighted by Crippen LogP contribution is 2.31. The number of carbonyl (C=O) groups excluding carboxylic acids is 2. The monoisotopic (exact) mass is 556 g/mol. The summed E-state index contributed by atoms with van der Waals surface area (Å²) < 4.78 is 44.6. The van der Waals surface area contributed by atoms with E-state index < -0.39 is 53.8 Å². The van der Waals surface area contributed by atoms with Crippen molar-refractivity contribution in [2.75, 3.05) is 25.2 Å². The Kier molecular flexibility index (Phi) is 9.97. The number of benzene rings is 1. The van der Waals surface area contributed by atoms with Crippen LogP contribution in [0, 0.1) is 17.0 Å². The molecule has 0 aromatic heterocycles. The molecule has 0 bridgehead atoms. The van der Waals surface area contributed by atoms with Crippen LogP contribution in [0.4, 0.5) is 8.78 Å². The van der Waals surface area contributed by atoms with Crippen LogP contribution >= 0.6 is 11.8 Å². The third kappa shape index (κ3) is 8.22. The molecular weight excluding hydrogens is 518 g/mol. The number of rotatable bonds is 7. The summed E-state index contributed by atoms with van der Waals surface area (Å²) in [6, 6.07) is 2.24. The summed E-state index contributed by atoms with van der Waals surface area (Å²) in [6.07, 6.45) is -0.585. The van der Waals surface area contributed by atoms with Gasteiger partial charge in [-0.05, 0) is 37.0 Å². The number of allylic oxidation sites excluding steroid dienone is 1. The molecule has 1 aromatic carbocycles. The van der Waals surface area contributed by atoms with Gasteiger partial charge in [0.05, 0.1) is 0 Å². The van der Waals surface area contributed by atoms with Gasteiger partial charge in [0.25, 0.3) is 5.91 Å². The molecule has 38 heavy (non-hydrogen) atoms. The number of hydrogen-bond donors (Lipinski definition) is 2. The zero-order valence-corrected chi connectivity index (χ0v) is 23.5. The number of hydrogen-bond acceptors (Lipinski definition) is 7. The lowest BCUT2D eigenvalue weighted by Gasteiger charge is -2.45. The summed E-state index contributed by atoms with van der Waals surface area (Å²) in [5.41, 5.74) is 0.164. The second-order valence-corrected chi connectivity index (χ2v) is 12.3. The summed E-state index contributed by atoms with van der Waals surface area (Å²) in [7, 11) is 1.33. The van der Waals surface area contributed by atoms with Gasteiger partial charge in [0.15, 0.2) is 11.9 Å². The van der Waals surface area contributed by atoms with Crippen molar-refractivity contribution in [2.24, 2.45) is 5.41 Å². The molecule has 11 heteroatoms. The second kappa shape index (κ2) is 12.4. The number of halogens is 2. The highest BCUT2D eigenvalue weighted by atomic mass is 32.2. The normalized spacial score (nSPS) is 27.3. The first kappa shape index (κ1) is 30.5. The van der Waals surface area contributed by atoms with E-state index in [1.807, 2.05) is 26.8 Å². The van der Waals surface area contributed by atoms with Crippen molar-refractivity contribution in [1.82, 2.24) is 10.2 Å². The lowest BCUT2D eigenvalue weighted by atomic mass is 9.93. The largest absolute Gasteiger partial charge is 0.387 e. The number of nitrogens with zero attached hydrogens (tertiary/aromatic N) is 1. The molecule has 2 fully saturated rings. The summed E-state index contributed by atoms with van der Waals surface area (Å²) in [5, 5.41) is 13.8. The SMILES string of the molecule is CO[C@@H](C(=O)NC1CSCCN(Cc2cc(F)cc(F)c2)C1=O)[C@@H]1OC(C)(C)O[C@H](C=CC(C)(C)C)[C@@H]1O. The fourth-order valence-corrected chi connectivity index (χ4v) is 5.37. The van der Waals surface area contributed by atoms with Crippen LogP contribution in [0.2, 0.25) is 0 Å². The Balaban J connectivity index is 1.75. The number of carbonyl (C=O) groups is 2. The van der Waals surface area contributed by atoms with Gasteiger partial charge in [0.2, 0.25) is 5.91 Å². The van der Waals surface area contributed by atoms with Gasteiger partial charge in [-0.1, -0.05) is 32.9 Å². The molecule has 3 rings (SSSR count). The number of aliphatic hydroxyl groups is 1. The van der Waals surface area contributed by atoms with Crippen molar-refractivity contribution >= 4 is 23.6 Å². The molecule has 2 amide bonds. The van der Waals surface area contributed by atoms with E-state index in [4.69, 9.17) is 14.2 Å². The van der Waals surface area contributed by atoms with Crippen molar-refractivity contribution in [3.63, 3.8) is 0 Å². The molecule has 1 unspecified atom stereocenters. The van der Waals surface area contributed by atoms with Crippen LogP contribution in [0.3, 0.4) is 0 Å². The van der Waals surface area contributed by atoms with E-state index in [1.165, 1.54) is 35.9 Å². The van der Waals surface area contributed by atoms with Gasteiger partial charge in [0, 0.05) is 37.8 Å². The molecule has 2 heterocycles. The maximum atomic E-state index is 13.7. The molecule has 0 radical (unpaired) electrons. The van der Waals surface area contributed by atoms with Gasteiger partial charge in [-0.25, -0.2) is 8.78 Å². The Morgan fingerprint density at radius 1 is 1.29 bits per heavy atom. The Labute approximate surface area is 227 Å². The Hall–Kier alpha value is -2.05. The maximum Gasteiger partial charge on any atom is 0.252 e. The number of aliphatic hydroxyl groups excluding tert-OH is 1. The Bertz CT molecular complexity index is 1010. The van der Waals surface area contributed by atoms with Crippen molar-refractivity contribution in [3.8, 4) is 0 Å². The highest BCUT2D eigenvalue weighted by Gasteiger charge is 2.48. The van der Waals surface area contributed by atoms with E-state index in [2.05, 4.69) is 5.32 Å². The quantitative estimate of drug-likeness (QED) is 0.499. The minimum atomic E-state index is -1.23. The zero-order valence-electron chi connectivity index (χ0n) is 22.7. The smallest absolute Gasteiger partial charge is 0.252 e. The Morgan fingerprint density at radius 2 is 1.95 bits per heavy atom. The van der Waals surface area contributed by atoms with E-state index in [0.29, 0.717) is 23.6 Å². The van der Waals surface area contributed by atoms with Gasteiger partial charge >= 0.3 is 0 Å². The van der Waals surface area contributed by atoms with Crippen molar-refractivity contribution in [2.45, 2.75) is 77.4 Å². The van der Waals surface area contributed by atoms with Gasteiger partial charge in [0.1, 0.15) is 36.0 Å². The number of nitrogens with one attached hydrogen (secondary N) is 1. The number of methoxy groups -OCH3 is 1. The average Bonchev–Trinajstić information content (AvgIpc) is 2.95. The maximum absolute atomic E-state index is 13.7.